The zero-order chi connectivity index (χ0) is 32.4. The Morgan fingerprint density at radius 3 is 2.07 bits per heavy atom. The second-order valence-corrected chi connectivity index (χ2v) is 10.2. The van der Waals surface area contributed by atoms with Crippen molar-refractivity contribution >= 4 is 23.8 Å². The smallest absolute Gasteiger partial charge is 0.481 e. The van der Waals surface area contributed by atoms with Gasteiger partial charge in [0.15, 0.2) is 0 Å². The van der Waals surface area contributed by atoms with Crippen molar-refractivity contribution in [2.24, 2.45) is 5.73 Å². The predicted octanol–water partition coefficient (Wildman–Crippen LogP) is 3.62. The van der Waals surface area contributed by atoms with Crippen molar-refractivity contribution in [2.45, 2.75) is 57.0 Å². The molecule has 2 amide bonds. The molecular formula is C31H31F4N3O6. The van der Waals surface area contributed by atoms with Crippen molar-refractivity contribution in [2.75, 3.05) is 0 Å². The Morgan fingerprint density at radius 1 is 0.909 bits per heavy atom. The topological polar surface area (TPSA) is 150 Å². The van der Waals surface area contributed by atoms with E-state index in [0.29, 0.717) is 24.1 Å². The first kappa shape index (κ1) is 33.7. The number of aliphatic carboxylic acids is 2. The van der Waals surface area contributed by atoms with Gasteiger partial charge < -0.3 is 26.2 Å². The number of nitrogens with zero attached hydrogens (tertiary/aromatic N) is 1. The lowest BCUT2D eigenvalue weighted by molar-refractivity contribution is -0.192. The third-order valence-corrected chi connectivity index (χ3v) is 6.84. The number of benzene rings is 3. The number of carboxylic acids is 2. The number of fused-ring (bicyclic) bond motifs is 1. The van der Waals surface area contributed by atoms with Gasteiger partial charge in [-0.1, -0.05) is 66.7 Å². The number of nitrogens with two attached hydrogens (primary N) is 1. The third kappa shape index (κ3) is 9.90. The molecule has 0 bridgehead atoms. The molecule has 234 valence electrons. The number of hydrogen-bond donors (Lipinski definition) is 4. The van der Waals surface area contributed by atoms with Crippen LogP contribution < -0.4 is 11.1 Å². The largest absolute Gasteiger partial charge is 0.490 e. The van der Waals surface area contributed by atoms with E-state index in [9.17, 15) is 31.9 Å². The summed E-state index contributed by atoms with van der Waals surface area (Å²) in [6.45, 7) is 0.544. The second-order valence-electron chi connectivity index (χ2n) is 10.2. The Balaban J connectivity index is 0.000000676. The molecule has 0 radical (unpaired) electrons. The fourth-order valence-electron chi connectivity index (χ4n) is 4.64. The maximum Gasteiger partial charge on any atom is 0.490 e. The number of hydrogen-bond acceptors (Lipinski definition) is 5. The lowest BCUT2D eigenvalue weighted by Gasteiger charge is -2.36. The Bertz CT molecular complexity index is 1480. The first-order chi connectivity index (χ1) is 20.7. The van der Waals surface area contributed by atoms with E-state index in [0.717, 1.165) is 16.7 Å². The van der Waals surface area contributed by atoms with Gasteiger partial charge in [0, 0.05) is 32.0 Å². The van der Waals surface area contributed by atoms with Gasteiger partial charge >= 0.3 is 18.1 Å². The van der Waals surface area contributed by atoms with E-state index >= 15 is 0 Å². The van der Waals surface area contributed by atoms with E-state index in [4.69, 9.17) is 20.7 Å². The van der Waals surface area contributed by atoms with Crippen LogP contribution >= 0.6 is 0 Å². The maximum absolute atomic E-state index is 14.0. The monoisotopic (exact) mass is 617 g/mol. The number of carbonyl (C=O) groups is 4. The average Bonchev–Trinajstić information content (AvgIpc) is 2.96. The molecule has 3 aromatic carbocycles. The molecule has 1 aliphatic rings. The summed E-state index contributed by atoms with van der Waals surface area (Å²) in [5, 5.41) is 19.0. The Kier molecular flexibility index (Phi) is 11.6. The SMILES string of the molecule is N[C@@H](CC(=O)N1Cc2ccccc2C[C@H]1C(=O)NCc1ccc(CC(=O)O)cc1)Cc1ccccc1F.O=C(O)C(F)(F)F. The van der Waals surface area contributed by atoms with Crippen LogP contribution in [0.25, 0.3) is 0 Å². The maximum atomic E-state index is 14.0. The highest BCUT2D eigenvalue weighted by Gasteiger charge is 2.38. The van der Waals surface area contributed by atoms with Crippen LogP contribution in [0.4, 0.5) is 17.6 Å². The summed E-state index contributed by atoms with van der Waals surface area (Å²) in [7, 11) is 0. The molecule has 0 fully saturated rings. The fraction of sp³-hybridized carbons (Fsp3) is 0.290. The van der Waals surface area contributed by atoms with E-state index in [1.54, 1.807) is 47.4 Å². The van der Waals surface area contributed by atoms with Crippen LogP contribution in [0.1, 0.15) is 34.2 Å². The lowest BCUT2D eigenvalue weighted by atomic mass is 9.92. The summed E-state index contributed by atoms with van der Waals surface area (Å²) in [6, 6.07) is 19.8. The molecule has 44 heavy (non-hydrogen) atoms. The first-order valence-corrected chi connectivity index (χ1v) is 13.5. The number of carbonyl (C=O) groups excluding carboxylic acids is 2. The predicted molar refractivity (Wildman–Crippen MR) is 150 cm³/mol. The first-order valence-electron chi connectivity index (χ1n) is 13.5. The zero-order valence-electron chi connectivity index (χ0n) is 23.4. The molecule has 0 aliphatic carbocycles. The highest BCUT2D eigenvalue weighted by atomic mass is 19.4. The Hall–Kier alpha value is -4.78. The fourth-order valence-corrected chi connectivity index (χ4v) is 4.64. The third-order valence-electron chi connectivity index (χ3n) is 6.84. The standard InChI is InChI=1S/C29H30FN3O4.C2HF3O2/c30-25-8-4-3-6-22(25)14-24(31)16-27(34)33-18-23-7-2-1-5-21(23)15-26(33)29(37)32-17-20-11-9-19(10-12-20)13-28(35)36;3-2(4,5)1(6)7/h1-12,24,26H,13-18,31H2,(H,32,37)(H,35,36);(H,6,7)/t24-,26+;/m1./s1. The molecule has 0 saturated carbocycles. The number of carboxylic acid groups (broad SMARTS) is 2. The van der Waals surface area contributed by atoms with Crippen LogP contribution in [0.3, 0.4) is 0 Å². The molecule has 0 unspecified atom stereocenters. The average molecular weight is 618 g/mol. The molecule has 13 heteroatoms. The van der Waals surface area contributed by atoms with Crippen LogP contribution in [-0.2, 0) is 51.5 Å². The van der Waals surface area contributed by atoms with Gasteiger partial charge in [0.25, 0.3) is 0 Å². The van der Waals surface area contributed by atoms with Gasteiger partial charge in [-0.2, -0.15) is 13.2 Å². The highest BCUT2D eigenvalue weighted by Crippen LogP contribution is 2.25. The summed E-state index contributed by atoms with van der Waals surface area (Å²) in [4.78, 5) is 47.9. The minimum Gasteiger partial charge on any atom is -0.481 e. The molecule has 0 aromatic heterocycles. The van der Waals surface area contributed by atoms with Gasteiger partial charge in [0.05, 0.1) is 6.42 Å². The van der Waals surface area contributed by atoms with Crippen molar-refractivity contribution in [3.8, 4) is 0 Å². The number of amides is 2. The Morgan fingerprint density at radius 2 is 1.48 bits per heavy atom. The number of rotatable bonds is 9. The minimum atomic E-state index is -5.08. The molecule has 3 aromatic rings. The quantitative estimate of drug-likeness (QED) is 0.268. The lowest BCUT2D eigenvalue weighted by Crippen LogP contribution is -2.53. The molecule has 1 heterocycles. The van der Waals surface area contributed by atoms with Crippen LogP contribution in [0.2, 0.25) is 0 Å². The number of halogens is 4. The van der Waals surface area contributed by atoms with Crippen molar-refractivity contribution in [3.05, 3.63) is 106 Å². The van der Waals surface area contributed by atoms with Gasteiger partial charge in [0.1, 0.15) is 11.9 Å². The second kappa shape index (κ2) is 15.1. The summed E-state index contributed by atoms with van der Waals surface area (Å²) in [6.07, 6.45) is -4.55. The van der Waals surface area contributed by atoms with Gasteiger partial charge in [-0.3, -0.25) is 14.4 Å². The van der Waals surface area contributed by atoms with E-state index in [-0.39, 0.29) is 43.4 Å². The molecule has 4 rings (SSSR count). The van der Waals surface area contributed by atoms with Gasteiger partial charge in [-0.05, 0) is 40.3 Å². The molecule has 5 N–H and O–H groups in total. The Labute approximate surface area is 250 Å². The molecule has 1 aliphatic heterocycles. The summed E-state index contributed by atoms with van der Waals surface area (Å²) in [5.41, 5.74) is 10.2. The highest BCUT2D eigenvalue weighted by molar-refractivity contribution is 5.88. The van der Waals surface area contributed by atoms with E-state index < -0.39 is 30.2 Å². The van der Waals surface area contributed by atoms with Crippen LogP contribution in [0.15, 0.2) is 72.8 Å². The van der Waals surface area contributed by atoms with E-state index in [1.807, 2.05) is 24.3 Å². The van der Waals surface area contributed by atoms with Crippen molar-refractivity contribution < 1.29 is 47.0 Å². The van der Waals surface area contributed by atoms with Crippen LogP contribution in [-0.4, -0.2) is 57.1 Å². The normalized spacial score (nSPS) is 14.8. The molecular weight excluding hydrogens is 586 g/mol. The summed E-state index contributed by atoms with van der Waals surface area (Å²) in [5.74, 6) is -4.55. The number of alkyl halides is 3. The molecule has 0 saturated heterocycles. The van der Waals surface area contributed by atoms with Crippen molar-refractivity contribution in [1.29, 1.82) is 0 Å². The van der Waals surface area contributed by atoms with Crippen LogP contribution in [0, 0.1) is 5.82 Å². The summed E-state index contributed by atoms with van der Waals surface area (Å²) >= 11 is 0. The van der Waals surface area contributed by atoms with Gasteiger partial charge in [-0.15, -0.1) is 0 Å². The van der Waals surface area contributed by atoms with Crippen LogP contribution in [0.5, 0.6) is 0 Å². The zero-order valence-corrected chi connectivity index (χ0v) is 23.4. The van der Waals surface area contributed by atoms with E-state index in [1.165, 1.54) is 6.07 Å². The van der Waals surface area contributed by atoms with E-state index in [2.05, 4.69) is 5.32 Å². The molecule has 0 spiro atoms. The van der Waals surface area contributed by atoms with Gasteiger partial charge in [-0.25, -0.2) is 9.18 Å². The number of nitrogens with one attached hydrogen (secondary N) is 1. The minimum absolute atomic E-state index is 0.00861. The van der Waals surface area contributed by atoms with Crippen molar-refractivity contribution in [1.82, 2.24) is 10.2 Å². The molecule has 9 nitrogen and oxygen atoms in total. The van der Waals surface area contributed by atoms with Crippen molar-refractivity contribution in [3.63, 3.8) is 0 Å². The summed E-state index contributed by atoms with van der Waals surface area (Å²) < 4.78 is 45.8. The molecule has 2 atom stereocenters. The van der Waals surface area contributed by atoms with Gasteiger partial charge in [0.2, 0.25) is 11.8 Å².